The zero-order valence-electron chi connectivity index (χ0n) is 11.9. The number of unbranched alkanes of at least 4 members (excludes halogenated alkanes) is 1. The van der Waals surface area contributed by atoms with Crippen molar-refractivity contribution in [3.63, 3.8) is 0 Å². The van der Waals surface area contributed by atoms with Crippen LogP contribution in [0.2, 0.25) is 0 Å². The number of carbonyl (C=O) groups is 1. The molecule has 1 aromatic rings. The van der Waals surface area contributed by atoms with Crippen LogP contribution in [-0.4, -0.2) is 19.2 Å². The number of nitrogens with zero attached hydrogens (tertiary/aromatic N) is 1. The lowest BCUT2D eigenvalue weighted by Crippen LogP contribution is -2.06. The van der Waals surface area contributed by atoms with E-state index >= 15 is 0 Å². The topological polar surface area (TPSA) is 59.3 Å². The Labute approximate surface area is 119 Å². The second kappa shape index (κ2) is 8.76. The Morgan fingerprint density at radius 3 is 2.85 bits per heavy atom. The van der Waals surface area contributed by atoms with Crippen LogP contribution in [0.3, 0.4) is 0 Å². The Morgan fingerprint density at radius 1 is 1.40 bits per heavy atom. The molecule has 1 rings (SSSR count). The van der Waals surface area contributed by atoms with Crippen LogP contribution >= 0.6 is 0 Å². The quantitative estimate of drug-likeness (QED) is 0.331. The Hall–Kier alpha value is -2.28. The molecule has 0 N–H and O–H groups in total. The first kappa shape index (κ1) is 15.8. The highest BCUT2D eigenvalue weighted by molar-refractivity contribution is 5.97. The smallest absolute Gasteiger partial charge is 0.348 e. The molecule has 1 aromatic carbocycles. The molecule has 0 fully saturated rings. The molecule has 4 nitrogen and oxygen atoms in total. The van der Waals surface area contributed by atoms with Crippen LogP contribution in [0.15, 0.2) is 29.8 Å². The van der Waals surface area contributed by atoms with Gasteiger partial charge in [0.05, 0.1) is 13.2 Å². The van der Waals surface area contributed by atoms with Gasteiger partial charge < -0.3 is 9.47 Å². The second-order valence-electron chi connectivity index (χ2n) is 4.16. The third-order valence-corrected chi connectivity index (χ3v) is 2.55. The van der Waals surface area contributed by atoms with Crippen molar-refractivity contribution in [3.8, 4) is 11.8 Å². The molecule has 0 aliphatic heterocycles. The zero-order chi connectivity index (χ0) is 14.8. The van der Waals surface area contributed by atoms with Crippen LogP contribution in [0, 0.1) is 11.3 Å². The van der Waals surface area contributed by atoms with Crippen LogP contribution in [0.25, 0.3) is 6.08 Å². The lowest BCUT2D eigenvalue weighted by atomic mass is 10.1. The van der Waals surface area contributed by atoms with E-state index in [1.807, 2.05) is 24.3 Å². The first-order valence-corrected chi connectivity index (χ1v) is 6.73. The highest BCUT2D eigenvalue weighted by atomic mass is 16.5. The molecule has 4 heteroatoms. The van der Waals surface area contributed by atoms with E-state index in [1.165, 1.54) is 6.08 Å². The minimum atomic E-state index is -0.604. The first-order valence-electron chi connectivity index (χ1n) is 6.73. The van der Waals surface area contributed by atoms with Gasteiger partial charge in [0.25, 0.3) is 0 Å². The molecule has 0 atom stereocenters. The molecular weight excluding hydrogens is 254 g/mol. The van der Waals surface area contributed by atoms with E-state index in [2.05, 4.69) is 6.92 Å². The van der Waals surface area contributed by atoms with Crippen molar-refractivity contribution in [1.29, 1.82) is 5.26 Å². The molecule has 0 aliphatic rings. The predicted octanol–water partition coefficient (Wildman–Crippen LogP) is 3.34. The molecule has 0 aliphatic carbocycles. The second-order valence-corrected chi connectivity index (χ2v) is 4.16. The van der Waals surface area contributed by atoms with Gasteiger partial charge in [-0.2, -0.15) is 5.26 Å². The third kappa shape index (κ3) is 5.15. The van der Waals surface area contributed by atoms with Gasteiger partial charge in [-0.1, -0.05) is 25.5 Å². The molecule has 0 radical (unpaired) electrons. The molecular formula is C16H19NO3. The normalized spacial score (nSPS) is 10.8. The van der Waals surface area contributed by atoms with Gasteiger partial charge in [0.2, 0.25) is 0 Å². The number of rotatable bonds is 7. The zero-order valence-corrected chi connectivity index (χ0v) is 11.9. The van der Waals surface area contributed by atoms with Crippen molar-refractivity contribution in [3.05, 3.63) is 35.4 Å². The van der Waals surface area contributed by atoms with Crippen molar-refractivity contribution in [2.24, 2.45) is 0 Å². The highest BCUT2D eigenvalue weighted by Crippen LogP contribution is 2.16. The van der Waals surface area contributed by atoms with E-state index < -0.39 is 5.97 Å². The molecule has 0 unspecified atom stereocenters. The number of esters is 1. The van der Waals surface area contributed by atoms with Gasteiger partial charge >= 0.3 is 5.97 Å². The van der Waals surface area contributed by atoms with E-state index in [1.54, 1.807) is 13.0 Å². The summed E-state index contributed by atoms with van der Waals surface area (Å²) in [6.07, 6.45) is 3.57. The maximum atomic E-state index is 11.5. The van der Waals surface area contributed by atoms with Gasteiger partial charge in [-0.25, -0.2) is 4.79 Å². The molecule has 0 spiro atoms. The minimum Gasteiger partial charge on any atom is -0.494 e. The molecule has 0 bridgehead atoms. The van der Waals surface area contributed by atoms with E-state index in [9.17, 15) is 4.79 Å². The maximum absolute atomic E-state index is 11.5. The van der Waals surface area contributed by atoms with Crippen LogP contribution in [0.5, 0.6) is 5.75 Å². The number of hydrogen-bond donors (Lipinski definition) is 0. The summed E-state index contributed by atoms with van der Waals surface area (Å²) in [5, 5.41) is 8.98. The number of ether oxygens (including phenoxy) is 2. The lowest BCUT2D eigenvalue weighted by Gasteiger charge is -2.06. The van der Waals surface area contributed by atoms with Gasteiger partial charge in [0.15, 0.2) is 0 Å². The third-order valence-electron chi connectivity index (χ3n) is 2.55. The molecule has 0 aromatic heterocycles. The summed E-state index contributed by atoms with van der Waals surface area (Å²) in [5.41, 5.74) is 0.723. The summed E-state index contributed by atoms with van der Waals surface area (Å²) in [4.78, 5) is 11.5. The van der Waals surface area contributed by atoms with Crippen molar-refractivity contribution in [1.82, 2.24) is 0 Å². The van der Waals surface area contributed by atoms with Crippen LogP contribution in [0.4, 0.5) is 0 Å². The van der Waals surface area contributed by atoms with Crippen LogP contribution in [-0.2, 0) is 9.53 Å². The number of nitriles is 1. The molecule has 0 saturated carbocycles. The van der Waals surface area contributed by atoms with Gasteiger partial charge in [-0.15, -0.1) is 0 Å². The van der Waals surface area contributed by atoms with Gasteiger partial charge in [0, 0.05) is 0 Å². The Balaban J connectivity index is 2.82. The Bertz CT molecular complexity index is 515. The van der Waals surface area contributed by atoms with E-state index in [0.717, 1.165) is 24.2 Å². The van der Waals surface area contributed by atoms with Crippen LogP contribution in [0.1, 0.15) is 32.3 Å². The molecule has 0 saturated heterocycles. The van der Waals surface area contributed by atoms with Gasteiger partial charge in [0.1, 0.15) is 17.4 Å². The van der Waals surface area contributed by atoms with E-state index in [-0.39, 0.29) is 12.2 Å². The summed E-state index contributed by atoms with van der Waals surface area (Å²) in [6, 6.07) is 9.14. The van der Waals surface area contributed by atoms with E-state index in [0.29, 0.717) is 6.61 Å². The summed E-state index contributed by atoms with van der Waals surface area (Å²) < 4.78 is 10.4. The summed E-state index contributed by atoms with van der Waals surface area (Å²) >= 11 is 0. The number of carbonyl (C=O) groups excluding carboxylic acids is 1. The number of benzene rings is 1. The highest BCUT2D eigenvalue weighted by Gasteiger charge is 2.09. The Kier molecular flexibility index (Phi) is 6.91. The van der Waals surface area contributed by atoms with Gasteiger partial charge in [-0.05, 0) is 37.1 Å². The minimum absolute atomic E-state index is 0.0161. The SMILES string of the molecule is CCCCOc1cccc(C=C(C#N)C(=O)OCC)c1. The Morgan fingerprint density at radius 2 is 2.20 bits per heavy atom. The largest absolute Gasteiger partial charge is 0.494 e. The molecule has 0 amide bonds. The van der Waals surface area contributed by atoms with Crippen molar-refractivity contribution in [2.45, 2.75) is 26.7 Å². The van der Waals surface area contributed by atoms with Gasteiger partial charge in [-0.3, -0.25) is 0 Å². The van der Waals surface area contributed by atoms with Crippen molar-refractivity contribution >= 4 is 12.0 Å². The standard InChI is InChI=1S/C16H19NO3/c1-3-5-9-20-15-8-6-7-13(11-15)10-14(12-17)16(18)19-4-2/h6-8,10-11H,3-5,9H2,1-2H3. The fourth-order valence-corrected chi connectivity index (χ4v) is 1.54. The fraction of sp³-hybridized carbons (Fsp3) is 0.375. The fourth-order valence-electron chi connectivity index (χ4n) is 1.54. The lowest BCUT2D eigenvalue weighted by molar-refractivity contribution is -0.137. The maximum Gasteiger partial charge on any atom is 0.348 e. The predicted molar refractivity (Wildman–Crippen MR) is 77.1 cm³/mol. The number of hydrogen-bond acceptors (Lipinski definition) is 4. The van der Waals surface area contributed by atoms with Crippen molar-refractivity contribution in [2.75, 3.05) is 13.2 Å². The first-order chi connectivity index (χ1) is 9.71. The molecule has 20 heavy (non-hydrogen) atoms. The van der Waals surface area contributed by atoms with Crippen molar-refractivity contribution < 1.29 is 14.3 Å². The molecule has 0 heterocycles. The summed E-state index contributed by atoms with van der Waals surface area (Å²) in [6.45, 7) is 4.71. The van der Waals surface area contributed by atoms with E-state index in [4.69, 9.17) is 14.7 Å². The monoisotopic (exact) mass is 273 g/mol. The van der Waals surface area contributed by atoms with Crippen LogP contribution < -0.4 is 4.74 Å². The average molecular weight is 273 g/mol. The molecule has 106 valence electrons. The average Bonchev–Trinajstić information content (AvgIpc) is 2.46. The summed E-state index contributed by atoms with van der Waals surface area (Å²) in [5.74, 6) is 0.126. The summed E-state index contributed by atoms with van der Waals surface area (Å²) in [7, 11) is 0.